The third kappa shape index (κ3) is 11.2. The molecule has 2 N–H and O–H groups in total. The number of fused-ring (bicyclic) bond motifs is 2. The maximum absolute atomic E-state index is 15.1. The van der Waals surface area contributed by atoms with E-state index in [2.05, 4.69) is 12.7 Å². The summed E-state index contributed by atoms with van der Waals surface area (Å²) in [5, 5.41) is 36.5. The van der Waals surface area contributed by atoms with Gasteiger partial charge in [-0.3, -0.25) is 19.8 Å². The second-order valence-corrected chi connectivity index (χ2v) is 17.8. The molecule has 7 atom stereocenters. The van der Waals surface area contributed by atoms with Crippen LogP contribution in [0.2, 0.25) is 0 Å². The molecule has 0 radical (unpaired) electrons. The van der Waals surface area contributed by atoms with E-state index in [4.69, 9.17) is 33.7 Å². The van der Waals surface area contributed by atoms with E-state index in [9.17, 15) is 29.5 Å². The summed E-state index contributed by atoms with van der Waals surface area (Å²) in [5.74, 6) is -1.94. The zero-order valence-corrected chi connectivity index (χ0v) is 38.4. The maximum Gasteiger partial charge on any atom is 0.416 e. The highest BCUT2D eigenvalue weighted by Crippen LogP contribution is 2.62. The molecule has 2 fully saturated rings. The van der Waals surface area contributed by atoms with Gasteiger partial charge in [0.05, 0.1) is 29.8 Å². The van der Waals surface area contributed by atoms with Gasteiger partial charge in [0.1, 0.15) is 41.1 Å². The third-order valence-electron chi connectivity index (χ3n) is 13.4. The fraction of sp³-hybridized carbons (Fsp3) is 0.415. The smallest absolute Gasteiger partial charge is 0.416 e. The number of aldehydes is 1. The summed E-state index contributed by atoms with van der Waals surface area (Å²) in [6.45, 7) is 4.45. The van der Waals surface area contributed by atoms with Crippen LogP contribution in [0.4, 0.5) is 14.9 Å². The number of carbonyl (C=O) groups excluding carboxylic acids is 2. The van der Waals surface area contributed by atoms with Crippen molar-refractivity contribution in [3.8, 4) is 23.0 Å². The molecule has 0 aromatic heterocycles. The summed E-state index contributed by atoms with van der Waals surface area (Å²) in [6, 6.07) is 22.3. The third-order valence-corrected chi connectivity index (χ3v) is 13.4. The number of nitrogens with zero attached hydrogens (tertiary/aromatic N) is 3. The lowest BCUT2D eigenvalue weighted by Crippen LogP contribution is -2.70. The standard InChI is InChI=1S/C53H58FN3O12/c1-2-27-65-53-48(56(33-35-15-17-38(54)18-16-35)52(61)67-40-21-19-39(20-22-40)57(62)63)32-46(55-69-49-14-5-8-28-64-49)44-30-37(11-3-6-25-58)43(13-4-7-26-59)50(51(44)53)45-31-42(23-24-47(45)68-53)66-41-12-9-10-36(29-41)34-60/h2,9-10,12,15-24,29-31,34,37,43,48-51,58-59H,1,3-8,11,13-14,25-28,32-33H2. The first-order chi connectivity index (χ1) is 33.6. The molecule has 1 saturated heterocycles. The number of aliphatic hydroxyl groups is 2. The number of oxime groups is 1. The van der Waals surface area contributed by atoms with Crippen molar-refractivity contribution >= 4 is 23.8 Å². The Morgan fingerprint density at radius 1 is 0.957 bits per heavy atom. The number of ether oxygens (including phenoxy) is 5. The van der Waals surface area contributed by atoms with Crippen LogP contribution >= 0.6 is 0 Å². The molecule has 2 aliphatic carbocycles. The summed E-state index contributed by atoms with van der Waals surface area (Å²) < 4.78 is 47.4. The Kier molecular flexibility index (Phi) is 16.2. The van der Waals surface area contributed by atoms with E-state index < -0.39 is 46.8 Å². The number of non-ortho nitro benzene ring substituents is 1. The van der Waals surface area contributed by atoms with Crippen molar-refractivity contribution in [1.82, 2.24) is 4.90 Å². The average Bonchev–Trinajstić information content (AvgIpc) is 3.36. The molecular weight excluding hydrogens is 890 g/mol. The topological polar surface area (TPSA) is 189 Å². The fourth-order valence-corrected chi connectivity index (χ4v) is 10.3. The van der Waals surface area contributed by atoms with Crippen molar-refractivity contribution in [1.29, 1.82) is 0 Å². The quantitative estimate of drug-likeness (QED) is 0.0265. The molecule has 16 heteroatoms. The maximum atomic E-state index is 15.1. The van der Waals surface area contributed by atoms with Gasteiger partial charge in [0.2, 0.25) is 12.1 Å². The number of halogens is 1. The van der Waals surface area contributed by atoms with Gasteiger partial charge in [0.25, 0.3) is 5.69 Å². The highest BCUT2D eigenvalue weighted by Gasteiger charge is 2.66. The molecular formula is C53H58FN3O12. The zero-order valence-electron chi connectivity index (χ0n) is 38.4. The number of amides is 1. The highest BCUT2D eigenvalue weighted by atomic mass is 19.1. The lowest BCUT2D eigenvalue weighted by molar-refractivity contribution is -0.384. The molecule has 4 aliphatic rings. The van der Waals surface area contributed by atoms with Gasteiger partial charge in [-0.1, -0.05) is 54.4 Å². The van der Waals surface area contributed by atoms with Crippen LogP contribution in [0.5, 0.6) is 23.0 Å². The number of hydrogen-bond donors (Lipinski definition) is 2. The van der Waals surface area contributed by atoms with E-state index in [1.807, 2.05) is 12.1 Å². The summed E-state index contributed by atoms with van der Waals surface area (Å²) in [6.07, 6.45) is 9.58. The predicted molar refractivity (Wildman–Crippen MR) is 253 cm³/mol. The monoisotopic (exact) mass is 947 g/mol. The van der Waals surface area contributed by atoms with Crippen molar-refractivity contribution in [2.24, 2.45) is 22.9 Å². The Bertz CT molecular complexity index is 2490. The minimum absolute atomic E-state index is 0.00755. The van der Waals surface area contributed by atoms with Crippen molar-refractivity contribution in [2.75, 3.05) is 26.4 Å². The van der Waals surface area contributed by atoms with Gasteiger partial charge in [0.15, 0.2) is 0 Å². The molecule has 0 spiro atoms. The van der Waals surface area contributed by atoms with E-state index in [0.29, 0.717) is 72.8 Å². The van der Waals surface area contributed by atoms with Gasteiger partial charge < -0.3 is 38.7 Å². The van der Waals surface area contributed by atoms with Crippen LogP contribution in [0.25, 0.3) is 0 Å². The summed E-state index contributed by atoms with van der Waals surface area (Å²) in [4.78, 5) is 45.5. The number of rotatable bonds is 21. The average molecular weight is 948 g/mol. The first kappa shape index (κ1) is 49.0. The number of hydrogen-bond acceptors (Lipinski definition) is 13. The van der Waals surface area contributed by atoms with Crippen molar-refractivity contribution in [3.05, 3.63) is 148 Å². The zero-order chi connectivity index (χ0) is 48.3. The van der Waals surface area contributed by atoms with Crippen LogP contribution < -0.4 is 14.2 Å². The largest absolute Gasteiger partial charge is 0.459 e. The van der Waals surface area contributed by atoms with Crippen LogP contribution in [0, 0.1) is 33.7 Å². The Labute approximate surface area is 400 Å². The van der Waals surface area contributed by atoms with E-state index in [1.54, 1.807) is 48.5 Å². The molecule has 15 nitrogen and oxygen atoms in total. The normalized spacial score (nSPS) is 24.2. The number of unbranched alkanes of at least 4 members (excludes halogenated alkanes) is 2. The van der Waals surface area contributed by atoms with Gasteiger partial charge in [-0.15, -0.1) is 6.58 Å². The second-order valence-electron chi connectivity index (χ2n) is 17.8. The molecule has 0 bridgehead atoms. The van der Waals surface area contributed by atoms with Crippen molar-refractivity contribution in [3.63, 3.8) is 0 Å². The molecule has 4 aromatic carbocycles. The van der Waals surface area contributed by atoms with Crippen LogP contribution in [0.1, 0.15) is 91.6 Å². The summed E-state index contributed by atoms with van der Waals surface area (Å²) >= 11 is 0. The van der Waals surface area contributed by atoms with Gasteiger partial charge in [-0.25, -0.2) is 9.18 Å². The van der Waals surface area contributed by atoms with Crippen LogP contribution in [-0.4, -0.2) is 82.7 Å². The Morgan fingerprint density at radius 2 is 1.71 bits per heavy atom. The molecule has 8 rings (SSSR count). The lowest BCUT2D eigenvalue weighted by Gasteiger charge is -2.59. The lowest BCUT2D eigenvalue weighted by atomic mass is 9.55. The molecule has 4 aromatic rings. The van der Waals surface area contributed by atoms with Gasteiger partial charge in [0, 0.05) is 61.8 Å². The van der Waals surface area contributed by atoms with E-state index in [1.165, 1.54) is 41.3 Å². The Balaban J connectivity index is 1.34. The second kappa shape index (κ2) is 22.8. The number of benzene rings is 4. The molecule has 1 amide bonds. The predicted octanol–water partition coefficient (Wildman–Crippen LogP) is 10.2. The fourth-order valence-electron chi connectivity index (χ4n) is 10.3. The molecule has 69 heavy (non-hydrogen) atoms. The SMILES string of the molecule is C=CCOC12Oc3ccc(Oc4cccc(C=O)c4)cc3C3C(CCCCO)C(CCCCO)C=C(C(=NOC4CCCCO4)CC1N(Cc1ccc(F)cc1)C(=O)Oc1ccc([N+](=O)[O-])cc1)C32. The van der Waals surface area contributed by atoms with E-state index >= 15 is 4.79 Å². The van der Waals surface area contributed by atoms with E-state index in [0.717, 1.165) is 43.1 Å². The van der Waals surface area contributed by atoms with Gasteiger partial charge in [-0.2, -0.15) is 0 Å². The highest BCUT2D eigenvalue weighted by molar-refractivity contribution is 6.03. The minimum atomic E-state index is -1.68. The number of nitro benzene ring substituents is 1. The van der Waals surface area contributed by atoms with E-state index in [-0.39, 0.29) is 56.1 Å². The number of allylic oxidation sites excluding steroid dienone is 1. The molecule has 1 saturated carbocycles. The number of aliphatic hydroxyl groups excluding tert-OH is 2. The van der Waals surface area contributed by atoms with Crippen LogP contribution in [0.3, 0.4) is 0 Å². The Hall–Kier alpha value is -6.46. The molecule has 2 heterocycles. The molecule has 7 unspecified atom stereocenters. The van der Waals surface area contributed by atoms with Crippen LogP contribution in [-0.2, 0) is 20.9 Å². The first-order valence-corrected chi connectivity index (χ1v) is 23.7. The van der Waals surface area contributed by atoms with Crippen LogP contribution in [0.15, 0.2) is 120 Å². The summed E-state index contributed by atoms with van der Waals surface area (Å²) in [5.41, 5.74) is 2.96. The van der Waals surface area contributed by atoms with Crippen molar-refractivity contribution in [2.45, 2.75) is 94.8 Å². The first-order valence-electron chi connectivity index (χ1n) is 23.7. The molecule has 2 aliphatic heterocycles. The Morgan fingerprint density at radius 3 is 2.42 bits per heavy atom. The van der Waals surface area contributed by atoms with Gasteiger partial charge >= 0.3 is 6.09 Å². The summed E-state index contributed by atoms with van der Waals surface area (Å²) in [7, 11) is 0. The molecule has 364 valence electrons. The van der Waals surface area contributed by atoms with Crippen molar-refractivity contribution < 1.29 is 57.6 Å². The van der Waals surface area contributed by atoms with Gasteiger partial charge in [-0.05, 0) is 116 Å². The number of carbonyl (C=O) groups is 2. The number of nitro groups is 1. The minimum Gasteiger partial charge on any atom is -0.459 e.